The van der Waals surface area contributed by atoms with E-state index in [-0.39, 0.29) is 4.90 Å². The number of hydrogen-bond donors (Lipinski definition) is 1. The van der Waals surface area contributed by atoms with Gasteiger partial charge >= 0.3 is 0 Å². The molecule has 0 radical (unpaired) electrons. The van der Waals surface area contributed by atoms with E-state index >= 15 is 0 Å². The Labute approximate surface area is 170 Å². The fraction of sp³-hybridized carbons (Fsp3) is 0.333. The van der Waals surface area contributed by atoms with Gasteiger partial charge in [-0.15, -0.1) is 0 Å². The molecular weight excluding hydrogens is 388 g/mol. The average molecular weight is 413 g/mol. The van der Waals surface area contributed by atoms with E-state index in [0.717, 1.165) is 29.3 Å². The standard InChI is InChI=1S/C21H24N4O3S/c1-3-28-19-9-7-16(13-20(19)29(26,27)25-10-4-5-11-25)24-21-17-12-15(2)6-8-18(17)22-14-23-21/h6-9,12-14H,3-5,10-11H2,1-2H3,(H,22,23,24). The Hall–Kier alpha value is -2.71. The zero-order valence-corrected chi connectivity index (χ0v) is 17.4. The number of benzene rings is 2. The third kappa shape index (κ3) is 3.90. The number of nitrogens with zero attached hydrogens (tertiary/aromatic N) is 3. The summed E-state index contributed by atoms with van der Waals surface area (Å²) in [6.07, 6.45) is 3.26. The fourth-order valence-corrected chi connectivity index (χ4v) is 5.21. The average Bonchev–Trinajstić information content (AvgIpc) is 3.25. The second-order valence-corrected chi connectivity index (χ2v) is 8.98. The van der Waals surface area contributed by atoms with Gasteiger partial charge < -0.3 is 10.1 Å². The first-order valence-corrected chi connectivity index (χ1v) is 11.2. The molecule has 8 heteroatoms. The molecule has 3 aromatic rings. The van der Waals surface area contributed by atoms with Crippen molar-refractivity contribution in [3.8, 4) is 5.75 Å². The smallest absolute Gasteiger partial charge is 0.246 e. The quantitative estimate of drug-likeness (QED) is 0.662. The Balaban J connectivity index is 1.75. The summed E-state index contributed by atoms with van der Waals surface area (Å²) in [7, 11) is -3.62. The topological polar surface area (TPSA) is 84.4 Å². The van der Waals surface area contributed by atoms with Crippen LogP contribution in [0.4, 0.5) is 11.5 Å². The van der Waals surface area contributed by atoms with Crippen LogP contribution in [0.25, 0.3) is 10.9 Å². The van der Waals surface area contributed by atoms with Crippen LogP contribution in [0.3, 0.4) is 0 Å². The van der Waals surface area contributed by atoms with Gasteiger partial charge in [0.2, 0.25) is 10.0 Å². The maximum atomic E-state index is 13.2. The van der Waals surface area contributed by atoms with Crippen LogP contribution in [0.5, 0.6) is 5.75 Å². The Morgan fingerprint density at radius 1 is 1.10 bits per heavy atom. The lowest BCUT2D eigenvalue weighted by atomic mass is 10.1. The summed E-state index contributed by atoms with van der Waals surface area (Å²) in [5, 5.41) is 4.14. The Morgan fingerprint density at radius 2 is 1.90 bits per heavy atom. The molecule has 1 fully saturated rings. The summed E-state index contributed by atoms with van der Waals surface area (Å²) in [5.74, 6) is 1.00. The van der Waals surface area contributed by atoms with Gasteiger partial charge in [-0.1, -0.05) is 11.6 Å². The molecule has 1 aliphatic rings. The molecule has 1 saturated heterocycles. The number of rotatable bonds is 6. The number of anilines is 2. The highest BCUT2D eigenvalue weighted by molar-refractivity contribution is 7.89. The molecule has 152 valence electrons. The number of ether oxygens (including phenoxy) is 1. The third-order valence-corrected chi connectivity index (χ3v) is 6.90. The molecule has 0 spiro atoms. The minimum atomic E-state index is -3.62. The summed E-state index contributed by atoms with van der Waals surface area (Å²) < 4.78 is 33.5. The van der Waals surface area contributed by atoms with Crippen LogP contribution in [0.15, 0.2) is 47.6 Å². The van der Waals surface area contributed by atoms with Crippen LogP contribution in [-0.2, 0) is 10.0 Å². The van der Waals surface area contributed by atoms with Gasteiger partial charge in [0.1, 0.15) is 22.8 Å². The molecule has 1 aromatic heterocycles. The largest absolute Gasteiger partial charge is 0.492 e. The second-order valence-electron chi connectivity index (χ2n) is 7.07. The summed E-state index contributed by atoms with van der Waals surface area (Å²) in [6, 6.07) is 11.1. The van der Waals surface area contributed by atoms with E-state index in [1.165, 1.54) is 10.6 Å². The molecule has 1 aliphatic heterocycles. The van der Waals surface area contributed by atoms with Crippen LogP contribution in [-0.4, -0.2) is 42.4 Å². The molecule has 0 saturated carbocycles. The van der Waals surface area contributed by atoms with Gasteiger partial charge in [0.05, 0.1) is 12.1 Å². The maximum Gasteiger partial charge on any atom is 0.246 e. The second kappa shape index (κ2) is 7.96. The van der Waals surface area contributed by atoms with Crippen molar-refractivity contribution in [1.82, 2.24) is 14.3 Å². The van der Waals surface area contributed by atoms with Gasteiger partial charge in [-0.2, -0.15) is 4.31 Å². The molecular formula is C21H24N4O3S. The minimum absolute atomic E-state index is 0.181. The number of aromatic nitrogens is 2. The van der Waals surface area contributed by atoms with E-state index in [9.17, 15) is 8.42 Å². The first kappa shape index (κ1) is 19.6. The van der Waals surface area contributed by atoms with Gasteiger partial charge in [0.15, 0.2) is 0 Å². The number of sulfonamides is 1. The van der Waals surface area contributed by atoms with Crippen LogP contribution >= 0.6 is 0 Å². The first-order chi connectivity index (χ1) is 14.0. The van der Waals surface area contributed by atoms with Crippen LogP contribution in [0.1, 0.15) is 25.3 Å². The fourth-order valence-electron chi connectivity index (χ4n) is 3.54. The Bertz CT molecular complexity index is 1140. The molecule has 0 amide bonds. The Kier molecular flexibility index (Phi) is 5.38. The van der Waals surface area contributed by atoms with Crippen molar-refractivity contribution in [3.05, 3.63) is 48.3 Å². The monoisotopic (exact) mass is 412 g/mol. The number of fused-ring (bicyclic) bond motifs is 1. The van der Waals surface area contributed by atoms with Crippen molar-refractivity contribution < 1.29 is 13.2 Å². The van der Waals surface area contributed by atoms with Crippen LogP contribution in [0.2, 0.25) is 0 Å². The molecule has 2 aromatic carbocycles. The molecule has 0 bridgehead atoms. The number of nitrogens with one attached hydrogen (secondary N) is 1. The molecule has 0 unspecified atom stereocenters. The summed E-state index contributed by atoms with van der Waals surface area (Å²) >= 11 is 0. The maximum absolute atomic E-state index is 13.2. The molecule has 0 aliphatic carbocycles. The van der Waals surface area contributed by atoms with Crippen molar-refractivity contribution in [2.45, 2.75) is 31.6 Å². The van der Waals surface area contributed by atoms with E-state index in [2.05, 4.69) is 15.3 Å². The van der Waals surface area contributed by atoms with Gasteiger partial charge in [0.25, 0.3) is 0 Å². The predicted octanol–water partition coefficient (Wildman–Crippen LogP) is 3.87. The van der Waals surface area contributed by atoms with E-state index in [1.54, 1.807) is 18.2 Å². The molecule has 2 heterocycles. The third-order valence-electron chi connectivity index (χ3n) is 4.98. The normalized spacial score (nSPS) is 15.0. The highest BCUT2D eigenvalue weighted by Gasteiger charge is 2.30. The molecule has 29 heavy (non-hydrogen) atoms. The van der Waals surface area contributed by atoms with E-state index in [0.29, 0.717) is 37.0 Å². The highest BCUT2D eigenvalue weighted by atomic mass is 32.2. The highest BCUT2D eigenvalue weighted by Crippen LogP contribution is 2.33. The van der Waals surface area contributed by atoms with Crippen LogP contribution in [0, 0.1) is 6.92 Å². The number of hydrogen-bond acceptors (Lipinski definition) is 6. The summed E-state index contributed by atoms with van der Waals surface area (Å²) in [6.45, 7) is 5.33. The summed E-state index contributed by atoms with van der Waals surface area (Å²) in [5.41, 5.74) is 2.55. The van der Waals surface area contributed by atoms with E-state index in [4.69, 9.17) is 4.74 Å². The SMILES string of the molecule is CCOc1ccc(Nc2ncnc3ccc(C)cc23)cc1S(=O)(=O)N1CCCC1. The van der Waals surface area contributed by atoms with Gasteiger partial charge in [0, 0.05) is 24.2 Å². The van der Waals surface area contributed by atoms with Crippen molar-refractivity contribution >= 4 is 32.4 Å². The lowest BCUT2D eigenvalue weighted by molar-refractivity contribution is 0.330. The molecule has 4 rings (SSSR count). The number of aryl methyl sites for hydroxylation is 1. The minimum Gasteiger partial charge on any atom is -0.492 e. The molecule has 1 N–H and O–H groups in total. The van der Waals surface area contributed by atoms with Crippen molar-refractivity contribution in [3.63, 3.8) is 0 Å². The van der Waals surface area contributed by atoms with E-state index < -0.39 is 10.0 Å². The molecule has 0 atom stereocenters. The van der Waals surface area contributed by atoms with Gasteiger partial charge in [-0.05, 0) is 57.0 Å². The predicted molar refractivity (Wildman–Crippen MR) is 113 cm³/mol. The molecule has 7 nitrogen and oxygen atoms in total. The van der Waals surface area contributed by atoms with E-state index in [1.807, 2.05) is 32.0 Å². The lowest BCUT2D eigenvalue weighted by Gasteiger charge is -2.19. The first-order valence-electron chi connectivity index (χ1n) is 9.74. The van der Waals surface area contributed by atoms with Gasteiger partial charge in [-0.25, -0.2) is 18.4 Å². The van der Waals surface area contributed by atoms with Gasteiger partial charge in [-0.3, -0.25) is 0 Å². The Morgan fingerprint density at radius 3 is 2.66 bits per heavy atom. The van der Waals surface area contributed by atoms with Crippen LogP contribution < -0.4 is 10.1 Å². The zero-order valence-electron chi connectivity index (χ0n) is 16.6. The lowest BCUT2D eigenvalue weighted by Crippen LogP contribution is -2.28. The van der Waals surface area contributed by atoms with Crippen molar-refractivity contribution in [2.75, 3.05) is 25.0 Å². The summed E-state index contributed by atoms with van der Waals surface area (Å²) in [4.78, 5) is 8.84. The van der Waals surface area contributed by atoms with Crippen molar-refractivity contribution in [1.29, 1.82) is 0 Å². The zero-order chi connectivity index (χ0) is 20.4. The van der Waals surface area contributed by atoms with Crippen molar-refractivity contribution in [2.24, 2.45) is 0 Å².